The highest BCUT2D eigenvalue weighted by atomic mass is 32.2. The standard InChI is InChI=1S/C15H17FN2O3S/c1-10(8-20-2)18-14(19)9-22-15-17-7-13(21-15)11-3-5-12(16)6-4-11/h3-7,10H,8-9H2,1-2H3,(H,18,19)/t10-/m1/s1. The van der Waals surface area contributed by atoms with Crippen LogP contribution in [0.1, 0.15) is 6.92 Å². The summed E-state index contributed by atoms with van der Waals surface area (Å²) >= 11 is 1.20. The van der Waals surface area contributed by atoms with Gasteiger partial charge in [-0.25, -0.2) is 9.37 Å². The van der Waals surface area contributed by atoms with Crippen molar-refractivity contribution in [2.45, 2.75) is 18.2 Å². The van der Waals surface area contributed by atoms with Gasteiger partial charge in [-0.2, -0.15) is 0 Å². The van der Waals surface area contributed by atoms with E-state index in [0.717, 1.165) is 5.56 Å². The van der Waals surface area contributed by atoms with E-state index in [2.05, 4.69) is 10.3 Å². The van der Waals surface area contributed by atoms with Crippen molar-refractivity contribution < 1.29 is 18.3 Å². The number of hydrogen-bond donors (Lipinski definition) is 1. The predicted octanol–water partition coefficient (Wildman–Crippen LogP) is 2.72. The van der Waals surface area contributed by atoms with Crippen LogP contribution in [0.4, 0.5) is 4.39 Å². The first kappa shape index (κ1) is 16.5. The second-order valence-electron chi connectivity index (χ2n) is 4.71. The Morgan fingerprint density at radius 3 is 2.86 bits per heavy atom. The third kappa shape index (κ3) is 4.85. The Morgan fingerprint density at radius 1 is 1.45 bits per heavy atom. The van der Waals surface area contributed by atoms with E-state index in [1.165, 1.54) is 23.9 Å². The van der Waals surface area contributed by atoms with E-state index >= 15 is 0 Å². The molecular formula is C15H17FN2O3S. The number of rotatable bonds is 7. The lowest BCUT2D eigenvalue weighted by molar-refractivity contribution is -0.119. The van der Waals surface area contributed by atoms with Crippen LogP contribution in [0.2, 0.25) is 0 Å². The number of nitrogens with one attached hydrogen (secondary N) is 1. The summed E-state index contributed by atoms with van der Waals surface area (Å²) in [6.07, 6.45) is 1.56. The molecule has 0 unspecified atom stereocenters. The molecule has 0 radical (unpaired) electrons. The normalized spacial score (nSPS) is 12.1. The number of ether oxygens (including phenoxy) is 1. The summed E-state index contributed by atoms with van der Waals surface area (Å²) in [7, 11) is 1.58. The van der Waals surface area contributed by atoms with Crippen molar-refractivity contribution in [3.63, 3.8) is 0 Å². The Hall–Kier alpha value is -1.86. The summed E-state index contributed by atoms with van der Waals surface area (Å²) in [5, 5.41) is 3.20. The molecule has 1 aromatic heterocycles. The molecule has 0 aliphatic heterocycles. The van der Waals surface area contributed by atoms with Crippen molar-refractivity contribution in [2.24, 2.45) is 0 Å². The SMILES string of the molecule is COC[C@@H](C)NC(=O)CSc1ncc(-c2ccc(F)cc2)o1. The van der Waals surface area contributed by atoms with Gasteiger partial charge in [0, 0.05) is 18.7 Å². The monoisotopic (exact) mass is 324 g/mol. The highest BCUT2D eigenvalue weighted by Gasteiger charge is 2.11. The maximum Gasteiger partial charge on any atom is 0.256 e. The van der Waals surface area contributed by atoms with Crippen LogP contribution in [-0.4, -0.2) is 36.4 Å². The van der Waals surface area contributed by atoms with Crippen LogP contribution in [0.3, 0.4) is 0 Å². The lowest BCUT2D eigenvalue weighted by Crippen LogP contribution is -2.36. The summed E-state index contributed by atoms with van der Waals surface area (Å²) in [6.45, 7) is 2.33. The molecule has 1 aromatic carbocycles. The Balaban J connectivity index is 1.87. The average molecular weight is 324 g/mol. The third-order valence-corrected chi connectivity index (χ3v) is 3.61. The fraction of sp³-hybridized carbons (Fsp3) is 0.333. The van der Waals surface area contributed by atoms with E-state index < -0.39 is 0 Å². The fourth-order valence-electron chi connectivity index (χ4n) is 1.81. The maximum absolute atomic E-state index is 12.9. The molecule has 0 aliphatic carbocycles. The van der Waals surface area contributed by atoms with Gasteiger partial charge in [0.1, 0.15) is 5.82 Å². The summed E-state index contributed by atoms with van der Waals surface area (Å²) < 4.78 is 23.4. The number of carbonyl (C=O) groups excluding carboxylic acids is 1. The minimum absolute atomic E-state index is 0.0440. The number of methoxy groups -OCH3 is 1. The predicted molar refractivity (Wildman–Crippen MR) is 82.1 cm³/mol. The largest absolute Gasteiger partial charge is 0.431 e. The quantitative estimate of drug-likeness (QED) is 0.793. The summed E-state index contributed by atoms with van der Waals surface area (Å²) in [4.78, 5) is 15.8. The first-order valence-corrected chi connectivity index (χ1v) is 7.70. The first-order chi connectivity index (χ1) is 10.6. The van der Waals surface area contributed by atoms with Gasteiger partial charge in [0.2, 0.25) is 5.91 Å². The van der Waals surface area contributed by atoms with E-state index in [9.17, 15) is 9.18 Å². The van der Waals surface area contributed by atoms with Gasteiger partial charge in [-0.05, 0) is 31.2 Å². The Labute approximate surface area is 132 Å². The minimum atomic E-state index is -0.306. The van der Waals surface area contributed by atoms with Crippen LogP contribution < -0.4 is 5.32 Å². The molecule has 0 aliphatic rings. The van der Waals surface area contributed by atoms with Crippen LogP contribution in [-0.2, 0) is 9.53 Å². The van der Waals surface area contributed by atoms with Gasteiger partial charge >= 0.3 is 0 Å². The second kappa shape index (κ2) is 7.95. The maximum atomic E-state index is 12.9. The fourth-order valence-corrected chi connectivity index (χ4v) is 2.42. The van der Waals surface area contributed by atoms with Crippen molar-refractivity contribution in [3.05, 3.63) is 36.3 Å². The lowest BCUT2D eigenvalue weighted by atomic mass is 10.2. The van der Waals surface area contributed by atoms with Crippen molar-refractivity contribution in [1.82, 2.24) is 10.3 Å². The van der Waals surface area contributed by atoms with E-state index in [1.54, 1.807) is 25.4 Å². The minimum Gasteiger partial charge on any atom is -0.431 e. The molecule has 0 spiro atoms. The number of nitrogens with zero attached hydrogens (tertiary/aromatic N) is 1. The molecule has 2 aromatic rings. The van der Waals surface area contributed by atoms with E-state index in [-0.39, 0.29) is 23.5 Å². The van der Waals surface area contributed by atoms with Gasteiger partial charge in [-0.3, -0.25) is 4.79 Å². The van der Waals surface area contributed by atoms with Crippen LogP contribution in [0.25, 0.3) is 11.3 Å². The zero-order valence-corrected chi connectivity index (χ0v) is 13.2. The number of oxazole rings is 1. The van der Waals surface area contributed by atoms with Crippen molar-refractivity contribution in [2.75, 3.05) is 19.5 Å². The number of halogens is 1. The zero-order chi connectivity index (χ0) is 15.9. The molecular weight excluding hydrogens is 307 g/mol. The van der Waals surface area contributed by atoms with Crippen LogP contribution in [0.5, 0.6) is 0 Å². The first-order valence-electron chi connectivity index (χ1n) is 6.71. The highest BCUT2D eigenvalue weighted by Crippen LogP contribution is 2.25. The summed E-state index contributed by atoms with van der Waals surface area (Å²) in [6, 6.07) is 5.90. The van der Waals surface area contributed by atoms with Gasteiger partial charge < -0.3 is 14.5 Å². The van der Waals surface area contributed by atoms with E-state index in [4.69, 9.17) is 9.15 Å². The molecule has 0 saturated carbocycles. The average Bonchev–Trinajstić information content (AvgIpc) is 2.95. The van der Waals surface area contributed by atoms with Crippen molar-refractivity contribution >= 4 is 17.7 Å². The molecule has 1 heterocycles. The number of benzene rings is 1. The molecule has 22 heavy (non-hydrogen) atoms. The molecule has 1 atom stereocenters. The van der Waals surface area contributed by atoms with Gasteiger partial charge in [-0.1, -0.05) is 11.8 Å². The number of hydrogen-bond acceptors (Lipinski definition) is 5. The second-order valence-corrected chi connectivity index (χ2v) is 5.64. The Kier molecular flexibility index (Phi) is 5.97. The number of carbonyl (C=O) groups is 1. The Morgan fingerprint density at radius 2 is 2.18 bits per heavy atom. The molecule has 7 heteroatoms. The molecule has 1 N–H and O–H groups in total. The van der Waals surface area contributed by atoms with E-state index in [0.29, 0.717) is 17.6 Å². The molecule has 0 saturated heterocycles. The van der Waals surface area contributed by atoms with Crippen molar-refractivity contribution in [3.8, 4) is 11.3 Å². The van der Waals surface area contributed by atoms with Crippen molar-refractivity contribution in [1.29, 1.82) is 0 Å². The van der Waals surface area contributed by atoms with Gasteiger partial charge in [0.05, 0.1) is 18.6 Å². The number of aromatic nitrogens is 1. The van der Waals surface area contributed by atoms with Crippen LogP contribution >= 0.6 is 11.8 Å². The third-order valence-electron chi connectivity index (χ3n) is 2.76. The van der Waals surface area contributed by atoms with Gasteiger partial charge in [0.15, 0.2) is 5.76 Å². The molecule has 1 amide bonds. The number of thioether (sulfide) groups is 1. The van der Waals surface area contributed by atoms with Crippen LogP contribution in [0, 0.1) is 5.82 Å². The number of amides is 1. The highest BCUT2D eigenvalue weighted by molar-refractivity contribution is 7.99. The topological polar surface area (TPSA) is 64.4 Å². The molecule has 5 nitrogen and oxygen atoms in total. The van der Waals surface area contributed by atoms with Gasteiger partial charge in [0.25, 0.3) is 5.22 Å². The Bertz CT molecular complexity index is 616. The molecule has 0 bridgehead atoms. The molecule has 118 valence electrons. The summed E-state index contributed by atoms with van der Waals surface area (Å²) in [5.74, 6) is 0.323. The lowest BCUT2D eigenvalue weighted by Gasteiger charge is -2.11. The van der Waals surface area contributed by atoms with Gasteiger partial charge in [-0.15, -0.1) is 0 Å². The molecule has 0 fully saturated rings. The smallest absolute Gasteiger partial charge is 0.256 e. The van der Waals surface area contributed by atoms with E-state index in [1.807, 2.05) is 6.92 Å². The zero-order valence-electron chi connectivity index (χ0n) is 12.3. The van der Waals surface area contributed by atoms with Crippen LogP contribution in [0.15, 0.2) is 40.1 Å². The molecule has 2 rings (SSSR count). The summed E-state index contributed by atoms with van der Waals surface area (Å²) in [5.41, 5.74) is 0.735.